The molecule has 3 N–H and O–H groups in total. The highest BCUT2D eigenvalue weighted by Gasteiger charge is 1.96. The largest absolute Gasteiger partial charge is 0.467 e. The van der Waals surface area contributed by atoms with Crippen LogP contribution < -0.4 is 5.73 Å². The molecule has 1 rings (SSSR count). The number of hydrogen-bond acceptors (Lipinski definition) is 4. The summed E-state index contributed by atoms with van der Waals surface area (Å²) in [4.78, 5) is 0. The second-order valence-corrected chi connectivity index (χ2v) is 2.47. The van der Waals surface area contributed by atoms with Crippen LogP contribution in [0.15, 0.2) is 28.0 Å². The van der Waals surface area contributed by atoms with Crippen LogP contribution >= 0.6 is 0 Å². The van der Waals surface area contributed by atoms with E-state index >= 15 is 0 Å². The molecule has 13 heavy (non-hydrogen) atoms. The van der Waals surface area contributed by atoms with Gasteiger partial charge in [0.2, 0.25) is 0 Å². The van der Waals surface area contributed by atoms with Crippen LogP contribution in [-0.4, -0.2) is 17.6 Å². The molecule has 5 heteroatoms. The predicted molar refractivity (Wildman–Crippen MR) is 46.4 cm³/mol. The molecule has 1 heterocycles. The smallest absolute Gasteiger partial charge is 0.141 e. The summed E-state index contributed by atoms with van der Waals surface area (Å²) in [5.74, 6) is 0.930. The second-order valence-electron chi connectivity index (χ2n) is 2.47. The first-order valence-corrected chi connectivity index (χ1v) is 3.89. The van der Waals surface area contributed by atoms with E-state index in [0.717, 1.165) is 5.76 Å². The molecule has 0 atom stereocenters. The molecule has 0 spiro atoms. The Balaban J connectivity index is 2.08. The highest BCUT2D eigenvalue weighted by Crippen LogP contribution is 2.01. The van der Waals surface area contributed by atoms with Crippen molar-refractivity contribution in [2.24, 2.45) is 10.9 Å². The number of oxime groups is 1. The van der Waals surface area contributed by atoms with Gasteiger partial charge in [-0.3, -0.25) is 0 Å². The molecule has 0 radical (unpaired) electrons. The van der Waals surface area contributed by atoms with Crippen LogP contribution in [0.25, 0.3) is 0 Å². The highest BCUT2D eigenvalue weighted by atomic mass is 16.5. The Labute approximate surface area is 75.8 Å². The average molecular weight is 184 g/mol. The summed E-state index contributed by atoms with van der Waals surface area (Å²) in [6.07, 6.45) is 2.00. The third-order valence-electron chi connectivity index (χ3n) is 1.46. The van der Waals surface area contributed by atoms with Gasteiger partial charge in [0.05, 0.1) is 12.9 Å². The van der Waals surface area contributed by atoms with E-state index in [-0.39, 0.29) is 5.84 Å². The Morgan fingerprint density at radius 1 is 1.69 bits per heavy atom. The molecule has 0 aromatic carbocycles. The average Bonchev–Trinajstić information content (AvgIpc) is 2.64. The van der Waals surface area contributed by atoms with Crippen molar-refractivity contribution in [1.29, 1.82) is 0 Å². The lowest BCUT2D eigenvalue weighted by Crippen LogP contribution is -2.14. The maximum atomic E-state index is 8.21. The van der Waals surface area contributed by atoms with Crippen molar-refractivity contribution in [2.45, 2.75) is 13.0 Å². The predicted octanol–water partition coefficient (Wildman–Crippen LogP) is 0.933. The SMILES string of the molecule is N/C(CCOCc1ccco1)=N\O. The van der Waals surface area contributed by atoms with Crippen LogP contribution in [0.2, 0.25) is 0 Å². The van der Waals surface area contributed by atoms with Crippen LogP contribution in [-0.2, 0) is 11.3 Å². The fraction of sp³-hybridized carbons (Fsp3) is 0.375. The van der Waals surface area contributed by atoms with Crippen LogP contribution in [0.4, 0.5) is 0 Å². The van der Waals surface area contributed by atoms with Gasteiger partial charge in [0.15, 0.2) is 0 Å². The lowest BCUT2D eigenvalue weighted by atomic mass is 10.4. The molecule has 72 valence electrons. The summed E-state index contributed by atoms with van der Waals surface area (Å²) in [5, 5.41) is 11.0. The van der Waals surface area contributed by atoms with E-state index in [0.29, 0.717) is 19.6 Å². The monoisotopic (exact) mass is 184 g/mol. The summed E-state index contributed by atoms with van der Waals surface area (Å²) < 4.78 is 10.2. The zero-order valence-electron chi connectivity index (χ0n) is 7.14. The maximum Gasteiger partial charge on any atom is 0.141 e. The number of nitrogens with two attached hydrogens (primary N) is 1. The zero-order chi connectivity index (χ0) is 9.52. The fourth-order valence-electron chi connectivity index (χ4n) is 0.794. The minimum Gasteiger partial charge on any atom is -0.467 e. The summed E-state index contributed by atoms with van der Waals surface area (Å²) in [6.45, 7) is 0.822. The van der Waals surface area contributed by atoms with E-state index in [9.17, 15) is 0 Å². The summed E-state index contributed by atoms with van der Waals surface area (Å²) in [5.41, 5.74) is 5.23. The molecule has 1 aromatic heterocycles. The fourth-order valence-corrected chi connectivity index (χ4v) is 0.794. The molecule has 0 unspecified atom stereocenters. The van der Waals surface area contributed by atoms with Crippen molar-refractivity contribution in [3.63, 3.8) is 0 Å². The first-order chi connectivity index (χ1) is 6.33. The third-order valence-corrected chi connectivity index (χ3v) is 1.46. The van der Waals surface area contributed by atoms with Crippen LogP contribution in [0.5, 0.6) is 0 Å². The lowest BCUT2D eigenvalue weighted by molar-refractivity contribution is 0.112. The second kappa shape index (κ2) is 5.21. The molecule has 0 aliphatic heterocycles. The van der Waals surface area contributed by atoms with Crippen molar-refractivity contribution >= 4 is 5.84 Å². The Bertz CT molecular complexity index is 256. The highest BCUT2D eigenvalue weighted by molar-refractivity contribution is 5.79. The lowest BCUT2D eigenvalue weighted by Gasteiger charge is -2.00. The van der Waals surface area contributed by atoms with Gasteiger partial charge in [-0.05, 0) is 12.1 Å². The first kappa shape index (κ1) is 9.60. The molecule has 0 saturated carbocycles. The van der Waals surface area contributed by atoms with Gasteiger partial charge in [0.1, 0.15) is 18.2 Å². The van der Waals surface area contributed by atoms with Gasteiger partial charge in [-0.25, -0.2) is 0 Å². The normalized spacial score (nSPS) is 11.8. The minimum absolute atomic E-state index is 0.166. The molecular weight excluding hydrogens is 172 g/mol. The van der Waals surface area contributed by atoms with Crippen molar-refractivity contribution < 1.29 is 14.4 Å². The van der Waals surface area contributed by atoms with E-state index in [4.69, 9.17) is 20.1 Å². The van der Waals surface area contributed by atoms with Gasteiger partial charge >= 0.3 is 0 Å². The molecule has 0 bridgehead atoms. The number of nitrogens with zero attached hydrogens (tertiary/aromatic N) is 1. The van der Waals surface area contributed by atoms with Gasteiger partial charge in [0, 0.05) is 6.42 Å². The van der Waals surface area contributed by atoms with Gasteiger partial charge in [0.25, 0.3) is 0 Å². The van der Waals surface area contributed by atoms with E-state index in [2.05, 4.69) is 5.16 Å². The molecular formula is C8H12N2O3. The molecule has 0 amide bonds. The number of hydrogen-bond donors (Lipinski definition) is 2. The van der Waals surface area contributed by atoms with Crippen molar-refractivity contribution in [3.05, 3.63) is 24.2 Å². The van der Waals surface area contributed by atoms with Crippen molar-refractivity contribution in [1.82, 2.24) is 0 Å². The van der Waals surface area contributed by atoms with E-state index < -0.39 is 0 Å². The molecule has 0 saturated heterocycles. The van der Waals surface area contributed by atoms with E-state index in [1.165, 1.54) is 0 Å². The minimum atomic E-state index is 0.166. The number of amidine groups is 1. The zero-order valence-corrected chi connectivity index (χ0v) is 7.14. The quantitative estimate of drug-likeness (QED) is 0.234. The Morgan fingerprint density at radius 3 is 3.15 bits per heavy atom. The van der Waals surface area contributed by atoms with Crippen LogP contribution in [0.1, 0.15) is 12.2 Å². The first-order valence-electron chi connectivity index (χ1n) is 3.89. The number of ether oxygens (including phenoxy) is 1. The van der Waals surface area contributed by atoms with Crippen molar-refractivity contribution in [3.8, 4) is 0 Å². The van der Waals surface area contributed by atoms with E-state index in [1.807, 2.05) is 6.07 Å². The summed E-state index contributed by atoms with van der Waals surface area (Å²) >= 11 is 0. The Kier molecular flexibility index (Phi) is 3.84. The number of rotatable bonds is 5. The number of furan rings is 1. The van der Waals surface area contributed by atoms with Gasteiger partial charge in [-0.1, -0.05) is 5.16 Å². The molecule has 1 aromatic rings. The third kappa shape index (κ3) is 3.62. The molecule has 5 nitrogen and oxygen atoms in total. The van der Waals surface area contributed by atoms with Gasteiger partial charge in [-0.15, -0.1) is 0 Å². The van der Waals surface area contributed by atoms with Crippen LogP contribution in [0, 0.1) is 0 Å². The Morgan fingerprint density at radius 2 is 2.54 bits per heavy atom. The van der Waals surface area contributed by atoms with E-state index in [1.54, 1.807) is 12.3 Å². The summed E-state index contributed by atoms with van der Waals surface area (Å²) in [7, 11) is 0. The summed E-state index contributed by atoms with van der Waals surface area (Å²) in [6, 6.07) is 3.62. The Hall–Kier alpha value is -1.49. The van der Waals surface area contributed by atoms with Gasteiger partial charge in [-0.2, -0.15) is 0 Å². The topological polar surface area (TPSA) is 81.0 Å². The van der Waals surface area contributed by atoms with Crippen LogP contribution in [0.3, 0.4) is 0 Å². The standard InChI is InChI=1S/C8H12N2O3/c9-8(10-11)3-5-12-6-7-2-1-4-13-7/h1-2,4,11H,3,5-6H2,(H2,9,10). The molecule has 0 aliphatic rings. The van der Waals surface area contributed by atoms with Crippen molar-refractivity contribution in [2.75, 3.05) is 6.61 Å². The maximum absolute atomic E-state index is 8.21. The molecule has 0 fully saturated rings. The van der Waals surface area contributed by atoms with Gasteiger partial charge < -0.3 is 20.1 Å². The molecule has 0 aliphatic carbocycles.